The lowest BCUT2D eigenvalue weighted by Gasteiger charge is -2.07. The maximum atomic E-state index is 6.03. The van der Waals surface area contributed by atoms with Crippen LogP contribution < -0.4 is 10.5 Å². The van der Waals surface area contributed by atoms with E-state index in [-0.39, 0.29) is 0 Å². The number of anilines is 1. The zero-order valence-electron chi connectivity index (χ0n) is 11.7. The maximum absolute atomic E-state index is 6.03. The Kier molecular flexibility index (Phi) is 3.84. The first-order chi connectivity index (χ1) is 10.2. The third-order valence-electron chi connectivity index (χ3n) is 3.52. The fourth-order valence-electron chi connectivity index (χ4n) is 2.38. The summed E-state index contributed by atoms with van der Waals surface area (Å²) >= 11 is 3.49. The fraction of sp³-hybridized carbons (Fsp3) is 0.188. The van der Waals surface area contributed by atoms with Crippen LogP contribution in [0.3, 0.4) is 0 Å². The van der Waals surface area contributed by atoms with Crippen LogP contribution in [0.2, 0.25) is 0 Å². The van der Waals surface area contributed by atoms with E-state index in [2.05, 4.69) is 33.0 Å². The number of aromatic nitrogens is 2. The topological polar surface area (TPSA) is 53.1 Å². The predicted octanol–water partition coefficient (Wildman–Crippen LogP) is 3.63. The Balaban J connectivity index is 1.84. The molecular weight excluding hydrogens is 330 g/mol. The number of imidazole rings is 1. The highest BCUT2D eigenvalue weighted by molar-refractivity contribution is 9.10. The van der Waals surface area contributed by atoms with Crippen LogP contribution in [-0.4, -0.2) is 16.7 Å². The van der Waals surface area contributed by atoms with Crippen LogP contribution in [0.5, 0.6) is 5.75 Å². The Hall–Kier alpha value is -2.01. The van der Waals surface area contributed by atoms with E-state index in [1.807, 2.05) is 34.9 Å². The van der Waals surface area contributed by atoms with Crippen molar-refractivity contribution in [2.45, 2.75) is 13.0 Å². The monoisotopic (exact) mass is 345 g/mol. The quantitative estimate of drug-likeness (QED) is 0.785. The fourth-order valence-corrected chi connectivity index (χ4v) is 2.73. The molecule has 0 aliphatic heterocycles. The van der Waals surface area contributed by atoms with E-state index in [9.17, 15) is 0 Å². The lowest BCUT2D eigenvalue weighted by molar-refractivity contribution is 0.414. The molecule has 21 heavy (non-hydrogen) atoms. The highest BCUT2D eigenvalue weighted by Gasteiger charge is 2.08. The Morgan fingerprint density at radius 3 is 2.67 bits per heavy atom. The molecule has 1 heterocycles. The summed E-state index contributed by atoms with van der Waals surface area (Å²) in [4.78, 5) is 4.39. The van der Waals surface area contributed by atoms with Crippen LogP contribution >= 0.6 is 15.9 Å². The summed E-state index contributed by atoms with van der Waals surface area (Å²) in [6.07, 6.45) is 0.895. The molecule has 108 valence electrons. The Morgan fingerprint density at radius 2 is 1.95 bits per heavy atom. The Bertz CT molecular complexity index is 765. The van der Waals surface area contributed by atoms with Crippen molar-refractivity contribution in [2.75, 3.05) is 12.8 Å². The van der Waals surface area contributed by atoms with Gasteiger partial charge in [-0.2, -0.15) is 0 Å². The number of ether oxygens (including phenoxy) is 1. The highest BCUT2D eigenvalue weighted by Crippen LogP contribution is 2.23. The van der Waals surface area contributed by atoms with Gasteiger partial charge in [-0.15, -0.1) is 0 Å². The van der Waals surface area contributed by atoms with E-state index in [1.54, 1.807) is 7.11 Å². The molecule has 0 saturated heterocycles. The second kappa shape index (κ2) is 5.77. The molecule has 0 spiro atoms. The van der Waals surface area contributed by atoms with Crippen LogP contribution in [0.4, 0.5) is 5.95 Å². The number of benzene rings is 2. The van der Waals surface area contributed by atoms with Gasteiger partial charge in [0.05, 0.1) is 18.1 Å². The number of fused-ring (bicyclic) bond motifs is 1. The van der Waals surface area contributed by atoms with Gasteiger partial charge in [-0.25, -0.2) is 4.98 Å². The van der Waals surface area contributed by atoms with Crippen LogP contribution in [0.1, 0.15) is 5.56 Å². The third-order valence-corrected chi connectivity index (χ3v) is 4.02. The van der Waals surface area contributed by atoms with E-state index in [4.69, 9.17) is 10.5 Å². The number of nitrogens with zero attached hydrogens (tertiary/aromatic N) is 2. The number of hydrogen-bond donors (Lipinski definition) is 1. The molecule has 2 N–H and O–H groups in total. The number of nitrogen functional groups attached to an aromatic ring is 1. The first kappa shape index (κ1) is 13.9. The minimum atomic E-state index is 0.552. The minimum absolute atomic E-state index is 0.552. The largest absolute Gasteiger partial charge is 0.497 e. The Labute approximate surface area is 131 Å². The average molecular weight is 346 g/mol. The number of aryl methyl sites for hydroxylation is 2. The van der Waals surface area contributed by atoms with E-state index in [0.29, 0.717) is 5.95 Å². The molecule has 4 nitrogen and oxygen atoms in total. The van der Waals surface area contributed by atoms with E-state index in [0.717, 1.165) is 34.2 Å². The molecule has 0 amide bonds. The van der Waals surface area contributed by atoms with Gasteiger partial charge in [0, 0.05) is 11.0 Å². The second-order valence-electron chi connectivity index (χ2n) is 4.85. The number of halogens is 1. The van der Waals surface area contributed by atoms with Crippen molar-refractivity contribution >= 4 is 32.9 Å². The molecule has 0 unspecified atom stereocenters. The van der Waals surface area contributed by atoms with Crippen LogP contribution in [0, 0.1) is 0 Å². The minimum Gasteiger partial charge on any atom is -0.497 e. The lowest BCUT2D eigenvalue weighted by Crippen LogP contribution is -2.05. The van der Waals surface area contributed by atoms with Crippen LogP contribution in [-0.2, 0) is 13.0 Å². The zero-order chi connectivity index (χ0) is 14.8. The normalized spacial score (nSPS) is 11.0. The van der Waals surface area contributed by atoms with E-state index >= 15 is 0 Å². The number of hydrogen-bond acceptors (Lipinski definition) is 3. The summed E-state index contributed by atoms with van der Waals surface area (Å²) in [7, 11) is 1.67. The molecule has 2 aromatic carbocycles. The van der Waals surface area contributed by atoms with Crippen molar-refractivity contribution in [1.29, 1.82) is 0 Å². The summed E-state index contributed by atoms with van der Waals surface area (Å²) in [5, 5.41) is 0. The van der Waals surface area contributed by atoms with Crippen LogP contribution in [0.25, 0.3) is 11.0 Å². The van der Waals surface area contributed by atoms with Crippen molar-refractivity contribution in [2.24, 2.45) is 0 Å². The molecule has 0 saturated carbocycles. The molecule has 3 aromatic rings. The Morgan fingerprint density at radius 1 is 1.19 bits per heavy atom. The second-order valence-corrected chi connectivity index (χ2v) is 5.77. The summed E-state index contributed by atoms with van der Waals surface area (Å²) in [6, 6.07) is 14.1. The van der Waals surface area contributed by atoms with Gasteiger partial charge in [-0.05, 0) is 42.3 Å². The SMILES string of the molecule is COc1ccc(CCn2c(N)nc3ccc(Br)cc32)cc1. The van der Waals surface area contributed by atoms with Gasteiger partial charge in [0.1, 0.15) is 5.75 Å². The molecule has 0 aliphatic rings. The van der Waals surface area contributed by atoms with Crippen LogP contribution in [0.15, 0.2) is 46.9 Å². The van der Waals surface area contributed by atoms with Crippen molar-refractivity contribution in [1.82, 2.24) is 9.55 Å². The van der Waals surface area contributed by atoms with Crippen molar-refractivity contribution < 1.29 is 4.74 Å². The van der Waals surface area contributed by atoms with E-state index < -0.39 is 0 Å². The number of rotatable bonds is 4. The van der Waals surface area contributed by atoms with Gasteiger partial charge < -0.3 is 15.0 Å². The van der Waals surface area contributed by atoms with Gasteiger partial charge in [0.25, 0.3) is 0 Å². The maximum Gasteiger partial charge on any atom is 0.201 e. The number of nitrogens with two attached hydrogens (primary N) is 1. The lowest BCUT2D eigenvalue weighted by atomic mass is 10.1. The molecule has 0 fully saturated rings. The molecule has 5 heteroatoms. The standard InChI is InChI=1S/C16H16BrN3O/c1-21-13-5-2-11(3-6-13)8-9-20-15-10-12(17)4-7-14(15)19-16(20)18/h2-7,10H,8-9H2,1H3,(H2,18,19). The molecule has 0 atom stereocenters. The van der Waals surface area contributed by atoms with Crippen molar-refractivity contribution in [3.8, 4) is 5.75 Å². The zero-order valence-corrected chi connectivity index (χ0v) is 13.3. The first-order valence-electron chi connectivity index (χ1n) is 6.71. The first-order valence-corrected chi connectivity index (χ1v) is 7.51. The van der Waals surface area contributed by atoms with Gasteiger partial charge in [-0.1, -0.05) is 28.1 Å². The molecule has 1 aromatic heterocycles. The van der Waals surface area contributed by atoms with Crippen molar-refractivity contribution in [3.63, 3.8) is 0 Å². The van der Waals surface area contributed by atoms with E-state index in [1.165, 1.54) is 5.56 Å². The predicted molar refractivity (Wildman–Crippen MR) is 88.5 cm³/mol. The molecule has 0 radical (unpaired) electrons. The summed E-state index contributed by atoms with van der Waals surface area (Å²) in [5.41, 5.74) is 9.25. The van der Waals surface area contributed by atoms with Gasteiger partial charge >= 0.3 is 0 Å². The van der Waals surface area contributed by atoms with Gasteiger partial charge in [0.15, 0.2) is 0 Å². The van der Waals surface area contributed by atoms with Gasteiger partial charge in [0.2, 0.25) is 5.95 Å². The smallest absolute Gasteiger partial charge is 0.201 e. The van der Waals surface area contributed by atoms with Gasteiger partial charge in [-0.3, -0.25) is 0 Å². The highest BCUT2D eigenvalue weighted by atomic mass is 79.9. The molecule has 0 aliphatic carbocycles. The summed E-state index contributed by atoms with van der Waals surface area (Å²) < 4.78 is 8.24. The molecule has 3 rings (SSSR count). The summed E-state index contributed by atoms with van der Waals surface area (Å²) in [5.74, 6) is 1.42. The molecule has 0 bridgehead atoms. The summed E-state index contributed by atoms with van der Waals surface area (Å²) in [6.45, 7) is 0.797. The average Bonchev–Trinajstić information content (AvgIpc) is 2.80. The number of methoxy groups -OCH3 is 1. The third kappa shape index (κ3) is 2.88. The molecular formula is C16H16BrN3O. The van der Waals surface area contributed by atoms with Crippen molar-refractivity contribution in [3.05, 3.63) is 52.5 Å².